The van der Waals surface area contributed by atoms with Gasteiger partial charge in [0, 0.05) is 12.6 Å². The van der Waals surface area contributed by atoms with E-state index >= 15 is 0 Å². The summed E-state index contributed by atoms with van der Waals surface area (Å²) in [5.41, 5.74) is 5.98. The van der Waals surface area contributed by atoms with Gasteiger partial charge in [-0.2, -0.15) is 0 Å². The summed E-state index contributed by atoms with van der Waals surface area (Å²) in [4.78, 5) is 2.67. The zero-order chi connectivity index (χ0) is 12.7. The van der Waals surface area contributed by atoms with Crippen LogP contribution in [0.2, 0.25) is 0 Å². The van der Waals surface area contributed by atoms with Crippen LogP contribution in [-0.4, -0.2) is 30.6 Å². The maximum absolute atomic E-state index is 5.98. The molecule has 0 aromatic carbocycles. The molecule has 1 rings (SSSR count). The van der Waals surface area contributed by atoms with E-state index in [0.29, 0.717) is 6.04 Å². The largest absolute Gasteiger partial charge is 0.329 e. The van der Waals surface area contributed by atoms with Gasteiger partial charge in [0.25, 0.3) is 0 Å². The smallest absolute Gasteiger partial charge is 0.0243 e. The Kier molecular flexibility index (Phi) is 7.14. The summed E-state index contributed by atoms with van der Waals surface area (Å²) in [6.07, 6.45) is 8.21. The van der Waals surface area contributed by atoms with E-state index in [9.17, 15) is 0 Å². The summed E-state index contributed by atoms with van der Waals surface area (Å²) in [6, 6.07) is 0.611. The quantitative estimate of drug-likeness (QED) is 0.772. The number of nitrogens with two attached hydrogens (primary N) is 1. The van der Waals surface area contributed by atoms with Gasteiger partial charge in [0.15, 0.2) is 0 Å². The van der Waals surface area contributed by atoms with Crippen molar-refractivity contribution in [2.24, 2.45) is 17.6 Å². The van der Waals surface area contributed by atoms with Crippen molar-refractivity contribution >= 4 is 0 Å². The minimum absolute atomic E-state index is 0.611. The number of likely N-dealkylation sites (tertiary alicyclic amines) is 1. The minimum Gasteiger partial charge on any atom is -0.329 e. The molecule has 0 spiro atoms. The molecule has 1 fully saturated rings. The summed E-state index contributed by atoms with van der Waals surface area (Å²) in [6.45, 7) is 10.3. The maximum Gasteiger partial charge on any atom is 0.0243 e. The van der Waals surface area contributed by atoms with Crippen LogP contribution in [0.1, 0.15) is 59.3 Å². The van der Waals surface area contributed by atoms with E-state index in [4.69, 9.17) is 5.73 Å². The lowest BCUT2D eigenvalue weighted by atomic mass is 9.95. The van der Waals surface area contributed by atoms with E-state index in [0.717, 1.165) is 18.4 Å². The van der Waals surface area contributed by atoms with Crippen molar-refractivity contribution in [3.05, 3.63) is 0 Å². The van der Waals surface area contributed by atoms with E-state index in [1.165, 1.54) is 51.6 Å². The molecule has 102 valence electrons. The standard InChI is InChI=1S/C15H32N2/c1-4-7-14-8-6-10-17(11-9-14)15(12-16)13(3)5-2/h13-15H,4-12,16H2,1-3H3. The molecule has 17 heavy (non-hydrogen) atoms. The number of hydrogen-bond acceptors (Lipinski definition) is 2. The van der Waals surface area contributed by atoms with Crippen molar-refractivity contribution in [3.63, 3.8) is 0 Å². The van der Waals surface area contributed by atoms with Crippen molar-refractivity contribution in [2.45, 2.75) is 65.3 Å². The average Bonchev–Trinajstić information content (AvgIpc) is 2.56. The molecule has 1 aliphatic rings. The third-order valence-corrected chi connectivity index (χ3v) is 4.59. The van der Waals surface area contributed by atoms with Gasteiger partial charge in [-0.3, -0.25) is 4.90 Å². The van der Waals surface area contributed by atoms with Crippen LogP contribution >= 0.6 is 0 Å². The monoisotopic (exact) mass is 240 g/mol. The highest BCUT2D eigenvalue weighted by molar-refractivity contribution is 4.80. The fraction of sp³-hybridized carbons (Fsp3) is 1.00. The molecular formula is C15H32N2. The third kappa shape index (κ3) is 4.59. The summed E-state index contributed by atoms with van der Waals surface area (Å²) in [7, 11) is 0. The molecule has 1 saturated heterocycles. The van der Waals surface area contributed by atoms with Gasteiger partial charge in [0.1, 0.15) is 0 Å². The maximum atomic E-state index is 5.98. The van der Waals surface area contributed by atoms with E-state index in [1.807, 2.05) is 0 Å². The highest BCUT2D eigenvalue weighted by Crippen LogP contribution is 2.24. The Bertz CT molecular complexity index is 193. The van der Waals surface area contributed by atoms with Crippen LogP contribution in [0.3, 0.4) is 0 Å². The van der Waals surface area contributed by atoms with Gasteiger partial charge in [-0.25, -0.2) is 0 Å². The van der Waals surface area contributed by atoms with E-state index in [1.54, 1.807) is 0 Å². The average molecular weight is 240 g/mol. The van der Waals surface area contributed by atoms with Crippen LogP contribution in [0.15, 0.2) is 0 Å². The van der Waals surface area contributed by atoms with Crippen LogP contribution in [0.5, 0.6) is 0 Å². The van der Waals surface area contributed by atoms with E-state index in [2.05, 4.69) is 25.7 Å². The number of hydrogen-bond donors (Lipinski definition) is 1. The first-order valence-corrected chi connectivity index (χ1v) is 7.67. The molecule has 0 aromatic heterocycles. The molecule has 0 amide bonds. The Morgan fingerprint density at radius 3 is 2.59 bits per heavy atom. The first-order chi connectivity index (χ1) is 8.22. The molecule has 2 heteroatoms. The molecule has 0 aromatic rings. The van der Waals surface area contributed by atoms with Crippen LogP contribution in [0, 0.1) is 11.8 Å². The van der Waals surface area contributed by atoms with Crippen molar-refractivity contribution < 1.29 is 0 Å². The highest BCUT2D eigenvalue weighted by atomic mass is 15.2. The van der Waals surface area contributed by atoms with Gasteiger partial charge in [0.05, 0.1) is 0 Å². The molecule has 3 atom stereocenters. The van der Waals surface area contributed by atoms with Gasteiger partial charge in [-0.15, -0.1) is 0 Å². The van der Waals surface area contributed by atoms with Gasteiger partial charge >= 0.3 is 0 Å². The molecule has 2 N–H and O–H groups in total. The Morgan fingerprint density at radius 2 is 2.00 bits per heavy atom. The summed E-state index contributed by atoms with van der Waals surface area (Å²) in [5, 5.41) is 0. The molecular weight excluding hydrogens is 208 g/mol. The Hall–Kier alpha value is -0.0800. The molecule has 0 bridgehead atoms. The predicted molar refractivity (Wildman–Crippen MR) is 76.1 cm³/mol. The van der Waals surface area contributed by atoms with Gasteiger partial charge in [-0.05, 0) is 44.2 Å². The van der Waals surface area contributed by atoms with Crippen LogP contribution in [0.25, 0.3) is 0 Å². The second kappa shape index (κ2) is 8.10. The molecule has 0 aliphatic carbocycles. The van der Waals surface area contributed by atoms with Crippen molar-refractivity contribution in [2.75, 3.05) is 19.6 Å². The van der Waals surface area contributed by atoms with Crippen molar-refractivity contribution in [3.8, 4) is 0 Å². The van der Waals surface area contributed by atoms with E-state index < -0.39 is 0 Å². The normalized spacial score (nSPS) is 26.5. The summed E-state index contributed by atoms with van der Waals surface area (Å²) in [5.74, 6) is 1.71. The fourth-order valence-electron chi connectivity index (χ4n) is 3.23. The lowest BCUT2D eigenvalue weighted by Gasteiger charge is -2.33. The van der Waals surface area contributed by atoms with Gasteiger partial charge in [0.2, 0.25) is 0 Å². The molecule has 2 nitrogen and oxygen atoms in total. The van der Waals surface area contributed by atoms with Crippen molar-refractivity contribution in [1.29, 1.82) is 0 Å². The summed E-state index contributed by atoms with van der Waals surface area (Å²) < 4.78 is 0. The predicted octanol–water partition coefficient (Wildman–Crippen LogP) is 3.26. The van der Waals surface area contributed by atoms with Crippen LogP contribution < -0.4 is 5.73 Å². The Balaban J connectivity index is 2.48. The first kappa shape index (κ1) is 15.0. The lowest BCUT2D eigenvalue weighted by molar-refractivity contribution is 0.153. The van der Waals surface area contributed by atoms with E-state index in [-0.39, 0.29) is 0 Å². The molecule has 1 heterocycles. The zero-order valence-corrected chi connectivity index (χ0v) is 12.1. The lowest BCUT2D eigenvalue weighted by Crippen LogP contribution is -2.45. The second-order valence-electron chi connectivity index (χ2n) is 5.81. The topological polar surface area (TPSA) is 29.3 Å². The highest BCUT2D eigenvalue weighted by Gasteiger charge is 2.24. The number of nitrogens with zero attached hydrogens (tertiary/aromatic N) is 1. The Morgan fingerprint density at radius 1 is 1.24 bits per heavy atom. The zero-order valence-electron chi connectivity index (χ0n) is 12.1. The molecule has 0 radical (unpaired) electrons. The van der Waals surface area contributed by atoms with Crippen LogP contribution in [-0.2, 0) is 0 Å². The number of rotatable bonds is 6. The minimum atomic E-state index is 0.611. The molecule has 0 saturated carbocycles. The van der Waals surface area contributed by atoms with Gasteiger partial charge in [-0.1, -0.05) is 40.0 Å². The fourth-order valence-corrected chi connectivity index (χ4v) is 3.23. The van der Waals surface area contributed by atoms with Crippen LogP contribution in [0.4, 0.5) is 0 Å². The molecule has 3 unspecified atom stereocenters. The van der Waals surface area contributed by atoms with Gasteiger partial charge < -0.3 is 5.73 Å². The molecule has 1 aliphatic heterocycles. The Labute approximate surface area is 108 Å². The SMILES string of the molecule is CCCC1CCCN(C(CN)C(C)CC)CC1. The van der Waals surface area contributed by atoms with Crippen molar-refractivity contribution in [1.82, 2.24) is 4.90 Å². The second-order valence-corrected chi connectivity index (χ2v) is 5.81. The summed E-state index contributed by atoms with van der Waals surface area (Å²) >= 11 is 0. The third-order valence-electron chi connectivity index (χ3n) is 4.59. The first-order valence-electron chi connectivity index (χ1n) is 7.67.